The molecule has 3 aromatic rings. The molecule has 174 valence electrons. The lowest BCUT2D eigenvalue weighted by molar-refractivity contribution is 0.153. The summed E-state index contributed by atoms with van der Waals surface area (Å²) in [4.78, 5) is 4.70. The zero-order valence-electron chi connectivity index (χ0n) is 18.9. The van der Waals surface area contributed by atoms with Crippen LogP contribution in [0.3, 0.4) is 0 Å². The maximum absolute atomic E-state index is 14.0. The minimum Gasteiger partial charge on any atom is -0.368 e. The number of fused-ring (bicyclic) bond motifs is 1. The van der Waals surface area contributed by atoms with E-state index in [4.69, 9.17) is 0 Å². The highest BCUT2D eigenvalue weighted by molar-refractivity contribution is 7.83. The second-order valence-corrected chi connectivity index (χ2v) is 9.07. The molecular weight excluding hydrogens is 435 g/mol. The Hall–Kier alpha value is -2.32. The van der Waals surface area contributed by atoms with Crippen molar-refractivity contribution >= 4 is 27.6 Å². The molecule has 0 spiro atoms. The summed E-state index contributed by atoms with van der Waals surface area (Å²) in [6.07, 6.45) is -1.47. The summed E-state index contributed by atoms with van der Waals surface area (Å²) in [5.74, 6) is -0.518. The summed E-state index contributed by atoms with van der Waals surface area (Å²) in [7, 11) is -1.84. The van der Waals surface area contributed by atoms with E-state index in [1.165, 1.54) is 34.4 Å². The van der Waals surface area contributed by atoms with Crippen molar-refractivity contribution in [1.82, 2.24) is 8.87 Å². The predicted octanol–water partition coefficient (Wildman–Crippen LogP) is 5.85. The molecule has 0 bridgehead atoms. The molecule has 2 aromatic carbocycles. The van der Waals surface area contributed by atoms with Gasteiger partial charge in [0.1, 0.15) is 5.82 Å². The minimum absolute atomic E-state index is 0.156. The predicted molar refractivity (Wildman–Crippen MR) is 125 cm³/mol. The highest BCUT2D eigenvalue weighted by atomic mass is 32.2. The lowest BCUT2D eigenvalue weighted by atomic mass is 10.1. The minimum atomic E-state index is -2.71. The van der Waals surface area contributed by atoms with Crippen molar-refractivity contribution in [3.05, 3.63) is 60.0 Å². The van der Waals surface area contributed by atoms with E-state index in [9.17, 15) is 17.4 Å². The number of hydrogen-bond acceptors (Lipinski definition) is 3. The van der Waals surface area contributed by atoms with Crippen molar-refractivity contribution in [3.63, 3.8) is 0 Å². The third-order valence-electron chi connectivity index (χ3n) is 5.60. The molecule has 32 heavy (non-hydrogen) atoms. The Morgan fingerprint density at radius 1 is 0.969 bits per heavy atom. The summed E-state index contributed by atoms with van der Waals surface area (Å²) < 4.78 is 55.9. The average Bonchev–Trinajstić information content (AvgIpc) is 3.20. The number of aromatic nitrogens is 1. The van der Waals surface area contributed by atoms with Gasteiger partial charge in [0.25, 0.3) is 6.43 Å². The fraction of sp³-hybridized carbons (Fsp3) is 0.417. The van der Waals surface area contributed by atoms with Crippen LogP contribution in [0.1, 0.15) is 39.7 Å². The van der Waals surface area contributed by atoms with Crippen LogP contribution in [0.25, 0.3) is 10.9 Å². The highest BCUT2D eigenvalue weighted by Gasteiger charge is 2.26. The summed E-state index contributed by atoms with van der Waals surface area (Å²) in [5, 5.41) is 0.412. The fourth-order valence-electron chi connectivity index (χ4n) is 4.00. The average molecular weight is 466 g/mol. The number of nitrogens with zero attached hydrogens (tertiary/aromatic N) is 3. The lowest BCUT2D eigenvalue weighted by Gasteiger charge is -2.38. The molecule has 1 aliphatic heterocycles. The van der Waals surface area contributed by atoms with Gasteiger partial charge in [-0.1, -0.05) is 26.0 Å². The van der Waals surface area contributed by atoms with Gasteiger partial charge in [-0.3, -0.25) is 8.87 Å². The molecule has 0 radical (unpaired) electrons. The second-order valence-electron chi connectivity index (χ2n) is 7.71. The first-order valence-electron chi connectivity index (χ1n) is 11.0. The van der Waals surface area contributed by atoms with E-state index >= 15 is 0 Å². The summed E-state index contributed by atoms with van der Waals surface area (Å²) in [5.41, 5.74) is 1.02. The number of halogens is 3. The smallest absolute Gasteiger partial charge is 0.266 e. The molecule has 8 heteroatoms. The van der Waals surface area contributed by atoms with Gasteiger partial charge in [0, 0.05) is 55.1 Å². The molecule has 0 aliphatic carbocycles. The van der Waals surface area contributed by atoms with Gasteiger partial charge in [0.05, 0.1) is 10.4 Å². The van der Waals surface area contributed by atoms with Crippen LogP contribution in [0.4, 0.5) is 18.9 Å². The maximum Gasteiger partial charge on any atom is 0.266 e. The lowest BCUT2D eigenvalue weighted by Crippen LogP contribution is -2.48. The monoisotopic (exact) mass is 465 g/mol. The molecule has 1 aliphatic rings. The van der Waals surface area contributed by atoms with Gasteiger partial charge >= 0.3 is 0 Å². The first-order valence-corrected chi connectivity index (χ1v) is 12.1. The largest absolute Gasteiger partial charge is 0.368 e. The van der Waals surface area contributed by atoms with Gasteiger partial charge in [-0.25, -0.2) is 17.4 Å². The van der Waals surface area contributed by atoms with Crippen LogP contribution in [0, 0.1) is 5.82 Å². The van der Waals surface area contributed by atoms with Crippen LogP contribution in [-0.4, -0.2) is 45.3 Å². The normalized spacial score (nSPS) is 15.8. The van der Waals surface area contributed by atoms with Crippen LogP contribution in [0.2, 0.25) is 0 Å². The Kier molecular flexibility index (Phi) is 8.00. The summed E-state index contributed by atoms with van der Waals surface area (Å²) in [6.45, 7) is 11.5. The molecule has 0 N–H and O–H groups in total. The third-order valence-corrected chi connectivity index (χ3v) is 6.92. The number of anilines is 1. The topological polar surface area (TPSA) is 28.5 Å². The number of alkyl halides is 2. The molecule has 1 aromatic heterocycles. The zero-order chi connectivity index (χ0) is 23.4. The van der Waals surface area contributed by atoms with Crippen molar-refractivity contribution < 1.29 is 17.4 Å². The Balaban J connectivity index is 0.00000141. The van der Waals surface area contributed by atoms with Gasteiger partial charge < -0.3 is 4.90 Å². The van der Waals surface area contributed by atoms with Gasteiger partial charge in [0.15, 0.2) is 11.0 Å². The summed E-state index contributed by atoms with van der Waals surface area (Å²) in [6, 6.07) is 11.2. The number of rotatable bonds is 5. The van der Waals surface area contributed by atoms with E-state index in [0.717, 1.165) is 31.9 Å². The summed E-state index contributed by atoms with van der Waals surface area (Å²) >= 11 is 0. The second kappa shape index (κ2) is 10.5. The molecule has 1 saturated heterocycles. The molecule has 0 amide bonds. The van der Waals surface area contributed by atoms with Gasteiger partial charge in [-0.05, 0) is 44.2 Å². The number of hydrogen-bond donors (Lipinski definition) is 0. The number of benzene rings is 2. The van der Waals surface area contributed by atoms with Crippen molar-refractivity contribution in [2.45, 2.75) is 45.1 Å². The first kappa shape index (κ1) is 24.3. The Morgan fingerprint density at radius 2 is 1.62 bits per heavy atom. The van der Waals surface area contributed by atoms with E-state index in [-0.39, 0.29) is 10.5 Å². The quantitative estimate of drug-likeness (QED) is 0.474. The Bertz CT molecular complexity index is 1080. The molecule has 2 heterocycles. The van der Waals surface area contributed by atoms with E-state index in [1.54, 1.807) is 12.1 Å². The van der Waals surface area contributed by atoms with Crippen LogP contribution < -0.4 is 4.90 Å². The van der Waals surface area contributed by atoms with Crippen molar-refractivity contribution in [1.29, 1.82) is 0 Å². The molecule has 4 rings (SSSR count). The molecule has 1 fully saturated rings. The molecular formula is C24H30F3N3OS. The van der Waals surface area contributed by atoms with Crippen LogP contribution in [0.5, 0.6) is 0 Å². The maximum atomic E-state index is 14.0. The van der Waals surface area contributed by atoms with E-state index in [0.29, 0.717) is 16.9 Å². The number of piperazine rings is 1. The van der Waals surface area contributed by atoms with E-state index in [2.05, 4.69) is 23.6 Å². The van der Waals surface area contributed by atoms with Crippen LogP contribution >= 0.6 is 0 Å². The van der Waals surface area contributed by atoms with Crippen molar-refractivity contribution in [2.75, 3.05) is 31.1 Å². The van der Waals surface area contributed by atoms with Crippen LogP contribution in [0.15, 0.2) is 53.6 Å². The Labute approximate surface area is 190 Å². The van der Waals surface area contributed by atoms with E-state index in [1.807, 2.05) is 19.9 Å². The van der Waals surface area contributed by atoms with Gasteiger partial charge in [-0.2, -0.15) is 0 Å². The highest BCUT2D eigenvalue weighted by Crippen LogP contribution is 2.38. The van der Waals surface area contributed by atoms with E-state index < -0.39 is 23.2 Å². The standard InChI is InChI=1S/C22H24F3N3OS.C2H6/c1-15(2)26-9-11-27(12-10-26)19-7-4-8-20-21(19)18(22(24)25)14-28(20)30(29)17-6-3-5-16(23)13-17;1-2/h3-8,13-15,22H,9-12H2,1-2H3;1-2H3. The SMILES string of the molecule is CC.CC(C)N1CCN(c2cccc3c2c(C(F)F)cn3S(=O)c2cccc(F)c2)CC1. The van der Waals surface area contributed by atoms with Gasteiger partial charge in [-0.15, -0.1) is 0 Å². The first-order chi connectivity index (χ1) is 15.4. The molecule has 0 saturated carbocycles. The Morgan fingerprint density at radius 3 is 2.22 bits per heavy atom. The van der Waals surface area contributed by atoms with Gasteiger partial charge in [0.2, 0.25) is 0 Å². The molecule has 1 unspecified atom stereocenters. The fourth-order valence-corrected chi connectivity index (χ4v) is 5.18. The van der Waals surface area contributed by atoms with Crippen molar-refractivity contribution in [3.8, 4) is 0 Å². The molecule has 1 atom stereocenters. The third kappa shape index (κ3) is 4.86. The van der Waals surface area contributed by atoms with Crippen LogP contribution in [-0.2, 0) is 11.0 Å². The molecule has 4 nitrogen and oxygen atoms in total. The zero-order valence-corrected chi connectivity index (χ0v) is 19.7. The van der Waals surface area contributed by atoms with Crippen molar-refractivity contribution in [2.24, 2.45) is 0 Å².